The number of ether oxygens (including phenoxy) is 2. The van der Waals surface area contributed by atoms with Crippen LogP contribution in [0.5, 0.6) is 11.5 Å². The highest BCUT2D eigenvalue weighted by molar-refractivity contribution is 5.81. The van der Waals surface area contributed by atoms with Gasteiger partial charge in [0.2, 0.25) is 5.91 Å². The second-order valence-corrected chi connectivity index (χ2v) is 8.42. The van der Waals surface area contributed by atoms with Crippen LogP contribution in [-0.2, 0) is 22.4 Å². The largest absolute Gasteiger partial charge is 0.493 e. The number of rotatable bonds is 8. The molecule has 1 atom stereocenters. The summed E-state index contributed by atoms with van der Waals surface area (Å²) in [6.45, 7) is 0.535. The lowest BCUT2D eigenvalue weighted by Gasteiger charge is -2.38. The van der Waals surface area contributed by atoms with Crippen molar-refractivity contribution in [1.82, 2.24) is 4.90 Å². The van der Waals surface area contributed by atoms with Crippen LogP contribution in [0.1, 0.15) is 35.6 Å². The second-order valence-electron chi connectivity index (χ2n) is 8.42. The molecule has 0 aliphatic carbocycles. The van der Waals surface area contributed by atoms with E-state index in [1.54, 1.807) is 14.2 Å². The summed E-state index contributed by atoms with van der Waals surface area (Å²) in [4.78, 5) is 25.9. The lowest BCUT2D eigenvalue weighted by Crippen LogP contribution is -2.41. The maximum atomic E-state index is 13.0. The Morgan fingerprint density at radius 1 is 0.912 bits per heavy atom. The standard InChI is InChI=1S/C28H29NO5/c1-33-25-17-22-14-15-29(27(30)12-13-28(31)32)24(23(22)18-26(25)34-2)16-19-8-10-21(11-9-19)20-6-4-3-5-7-20/h3-11,17-18,24H,12-16H2,1-2H3,(H,31,32). The molecule has 3 aromatic carbocycles. The molecule has 0 fully saturated rings. The number of benzene rings is 3. The smallest absolute Gasteiger partial charge is 0.303 e. The third-order valence-corrected chi connectivity index (χ3v) is 6.37. The van der Waals surface area contributed by atoms with Crippen molar-refractivity contribution in [2.75, 3.05) is 20.8 Å². The molecule has 1 amide bonds. The molecule has 34 heavy (non-hydrogen) atoms. The molecule has 0 aromatic heterocycles. The molecule has 1 N–H and O–H groups in total. The van der Waals surface area contributed by atoms with Crippen LogP contribution in [0.15, 0.2) is 66.7 Å². The van der Waals surface area contributed by atoms with Gasteiger partial charge in [-0.2, -0.15) is 0 Å². The van der Waals surface area contributed by atoms with Crippen molar-refractivity contribution >= 4 is 11.9 Å². The minimum absolute atomic E-state index is 0.0125. The molecule has 4 rings (SSSR count). The van der Waals surface area contributed by atoms with Crippen molar-refractivity contribution in [3.63, 3.8) is 0 Å². The van der Waals surface area contributed by atoms with Crippen LogP contribution in [0.3, 0.4) is 0 Å². The molecule has 0 spiro atoms. The average molecular weight is 460 g/mol. The van der Waals surface area contributed by atoms with Gasteiger partial charge in [0.1, 0.15) is 0 Å². The summed E-state index contributed by atoms with van der Waals surface area (Å²) in [6, 6.07) is 22.3. The first kappa shape index (κ1) is 23.4. The molecular formula is C28H29NO5. The molecule has 6 heteroatoms. The Hall–Kier alpha value is -3.80. The zero-order valence-electron chi connectivity index (χ0n) is 19.5. The van der Waals surface area contributed by atoms with Crippen LogP contribution in [-0.4, -0.2) is 42.6 Å². The predicted molar refractivity (Wildman–Crippen MR) is 130 cm³/mol. The molecule has 0 saturated heterocycles. The fraction of sp³-hybridized carbons (Fsp3) is 0.286. The van der Waals surface area contributed by atoms with Gasteiger partial charge in [0.15, 0.2) is 11.5 Å². The summed E-state index contributed by atoms with van der Waals surface area (Å²) in [5, 5.41) is 9.06. The van der Waals surface area contributed by atoms with E-state index in [9.17, 15) is 9.59 Å². The molecule has 1 unspecified atom stereocenters. The Morgan fingerprint density at radius 2 is 1.56 bits per heavy atom. The van der Waals surface area contributed by atoms with Gasteiger partial charge < -0.3 is 19.5 Å². The Bertz CT molecular complexity index is 1160. The van der Waals surface area contributed by atoms with Gasteiger partial charge in [-0.3, -0.25) is 9.59 Å². The third-order valence-electron chi connectivity index (χ3n) is 6.37. The number of aliphatic carboxylic acids is 1. The molecular weight excluding hydrogens is 430 g/mol. The van der Waals surface area contributed by atoms with Gasteiger partial charge in [-0.1, -0.05) is 54.6 Å². The molecule has 3 aromatic rings. The minimum Gasteiger partial charge on any atom is -0.493 e. The molecule has 1 aliphatic heterocycles. The lowest BCUT2D eigenvalue weighted by molar-refractivity contribution is -0.142. The number of hydrogen-bond acceptors (Lipinski definition) is 4. The van der Waals surface area contributed by atoms with Gasteiger partial charge >= 0.3 is 5.97 Å². The SMILES string of the molecule is COc1cc2c(cc1OC)C(Cc1ccc(-c3ccccc3)cc1)N(C(=O)CCC(=O)O)CC2. The normalized spacial score (nSPS) is 14.9. The van der Waals surface area contributed by atoms with E-state index in [2.05, 4.69) is 36.4 Å². The number of carboxylic acids is 1. The fourth-order valence-corrected chi connectivity index (χ4v) is 4.59. The highest BCUT2D eigenvalue weighted by Crippen LogP contribution is 2.40. The molecule has 0 bridgehead atoms. The van der Waals surface area contributed by atoms with Crippen molar-refractivity contribution in [3.05, 3.63) is 83.4 Å². The van der Waals surface area contributed by atoms with Crippen molar-refractivity contribution < 1.29 is 24.2 Å². The fourth-order valence-electron chi connectivity index (χ4n) is 4.59. The summed E-state index contributed by atoms with van der Waals surface area (Å²) in [6.07, 6.45) is 1.11. The summed E-state index contributed by atoms with van der Waals surface area (Å²) < 4.78 is 11.0. The predicted octanol–water partition coefficient (Wildman–Crippen LogP) is 4.90. The zero-order valence-corrected chi connectivity index (χ0v) is 19.5. The maximum Gasteiger partial charge on any atom is 0.303 e. The topological polar surface area (TPSA) is 76.1 Å². The zero-order chi connectivity index (χ0) is 24.1. The van der Waals surface area contributed by atoms with E-state index in [-0.39, 0.29) is 24.8 Å². The van der Waals surface area contributed by atoms with Gasteiger partial charge in [-0.25, -0.2) is 0 Å². The number of methoxy groups -OCH3 is 2. The van der Waals surface area contributed by atoms with E-state index in [4.69, 9.17) is 14.6 Å². The molecule has 6 nitrogen and oxygen atoms in total. The van der Waals surface area contributed by atoms with Crippen LogP contribution < -0.4 is 9.47 Å². The minimum atomic E-state index is -0.967. The van der Waals surface area contributed by atoms with E-state index in [1.165, 1.54) is 0 Å². The van der Waals surface area contributed by atoms with Crippen LogP contribution in [0, 0.1) is 0 Å². The Kier molecular flexibility index (Phi) is 7.16. The maximum absolute atomic E-state index is 13.0. The second kappa shape index (κ2) is 10.4. The van der Waals surface area contributed by atoms with Gasteiger partial charge in [-0.05, 0) is 52.8 Å². The third kappa shape index (κ3) is 5.06. The molecule has 1 aliphatic rings. The first-order valence-electron chi connectivity index (χ1n) is 11.4. The molecule has 0 saturated carbocycles. The molecule has 0 radical (unpaired) electrons. The molecule has 1 heterocycles. The van der Waals surface area contributed by atoms with E-state index < -0.39 is 5.97 Å². The van der Waals surface area contributed by atoms with Gasteiger partial charge in [0, 0.05) is 13.0 Å². The number of carboxylic acid groups (broad SMARTS) is 1. The Balaban J connectivity index is 1.66. The number of carbonyl (C=O) groups is 2. The van der Waals surface area contributed by atoms with Crippen LogP contribution in [0.25, 0.3) is 11.1 Å². The first-order chi connectivity index (χ1) is 16.5. The highest BCUT2D eigenvalue weighted by atomic mass is 16.5. The number of hydrogen-bond donors (Lipinski definition) is 1. The summed E-state index contributed by atoms with van der Waals surface area (Å²) >= 11 is 0. The van der Waals surface area contributed by atoms with E-state index >= 15 is 0 Å². The van der Waals surface area contributed by atoms with Crippen molar-refractivity contribution in [3.8, 4) is 22.6 Å². The summed E-state index contributed by atoms with van der Waals surface area (Å²) in [5.41, 5.74) is 5.52. The number of fused-ring (bicyclic) bond motifs is 1. The highest BCUT2D eigenvalue weighted by Gasteiger charge is 2.32. The summed E-state index contributed by atoms with van der Waals surface area (Å²) in [7, 11) is 3.21. The van der Waals surface area contributed by atoms with Gasteiger partial charge in [0.05, 0.1) is 26.7 Å². The molecule has 176 valence electrons. The van der Waals surface area contributed by atoms with Crippen molar-refractivity contribution in [2.45, 2.75) is 31.7 Å². The van der Waals surface area contributed by atoms with Crippen molar-refractivity contribution in [2.24, 2.45) is 0 Å². The average Bonchev–Trinajstić information content (AvgIpc) is 2.87. The first-order valence-corrected chi connectivity index (χ1v) is 11.4. The Morgan fingerprint density at radius 3 is 2.21 bits per heavy atom. The lowest BCUT2D eigenvalue weighted by atomic mass is 9.87. The van der Waals surface area contributed by atoms with Crippen LogP contribution in [0.4, 0.5) is 0 Å². The number of amides is 1. The number of nitrogens with zero attached hydrogens (tertiary/aromatic N) is 1. The Labute approximate surface area is 199 Å². The van der Waals surface area contributed by atoms with Crippen molar-refractivity contribution in [1.29, 1.82) is 0 Å². The van der Waals surface area contributed by atoms with Crippen LogP contribution in [0.2, 0.25) is 0 Å². The monoisotopic (exact) mass is 459 g/mol. The summed E-state index contributed by atoms with van der Waals surface area (Å²) in [5.74, 6) is 0.169. The van der Waals surface area contributed by atoms with E-state index in [1.807, 2.05) is 35.2 Å². The van der Waals surface area contributed by atoms with Gasteiger partial charge in [0.25, 0.3) is 0 Å². The van der Waals surface area contributed by atoms with Crippen LogP contribution >= 0.6 is 0 Å². The van der Waals surface area contributed by atoms with Gasteiger partial charge in [-0.15, -0.1) is 0 Å². The van der Waals surface area contributed by atoms with E-state index in [0.717, 1.165) is 27.8 Å². The quantitative estimate of drug-likeness (QED) is 0.518. The van der Waals surface area contributed by atoms with E-state index in [0.29, 0.717) is 30.9 Å². The number of carbonyl (C=O) groups excluding carboxylic acids is 1.